The summed E-state index contributed by atoms with van der Waals surface area (Å²) in [5, 5.41) is 3.56. The van der Waals surface area contributed by atoms with E-state index in [9.17, 15) is 0 Å². The van der Waals surface area contributed by atoms with Gasteiger partial charge in [0.1, 0.15) is 0 Å². The van der Waals surface area contributed by atoms with Crippen molar-refractivity contribution in [1.29, 1.82) is 0 Å². The van der Waals surface area contributed by atoms with E-state index in [2.05, 4.69) is 19.2 Å². The SMILES string of the molecule is COCCC1(CNC(C)C(C)OC)CC1. The van der Waals surface area contributed by atoms with Crippen molar-refractivity contribution in [1.82, 2.24) is 5.32 Å². The minimum absolute atomic E-state index is 0.281. The van der Waals surface area contributed by atoms with Crippen LogP contribution in [0.1, 0.15) is 33.1 Å². The summed E-state index contributed by atoms with van der Waals surface area (Å²) in [5.74, 6) is 0. The van der Waals surface area contributed by atoms with Gasteiger partial charge >= 0.3 is 0 Å². The lowest BCUT2D eigenvalue weighted by molar-refractivity contribution is 0.0853. The van der Waals surface area contributed by atoms with Crippen LogP contribution in [0.4, 0.5) is 0 Å². The predicted octanol–water partition coefficient (Wildman–Crippen LogP) is 1.82. The van der Waals surface area contributed by atoms with Crippen LogP contribution in [0.25, 0.3) is 0 Å². The third-order valence-electron chi connectivity index (χ3n) is 3.67. The molecule has 1 aliphatic rings. The largest absolute Gasteiger partial charge is 0.385 e. The zero-order valence-electron chi connectivity index (χ0n) is 10.5. The molecule has 0 saturated heterocycles. The van der Waals surface area contributed by atoms with Gasteiger partial charge < -0.3 is 14.8 Å². The number of methoxy groups -OCH3 is 2. The Balaban J connectivity index is 2.18. The summed E-state index contributed by atoms with van der Waals surface area (Å²) in [6.07, 6.45) is 4.16. The van der Waals surface area contributed by atoms with E-state index in [-0.39, 0.29) is 6.10 Å². The van der Waals surface area contributed by atoms with Crippen LogP contribution < -0.4 is 5.32 Å². The van der Waals surface area contributed by atoms with Crippen molar-refractivity contribution in [2.24, 2.45) is 5.41 Å². The molecule has 1 aliphatic carbocycles. The van der Waals surface area contributed by atoms with Crippen LogP contribution in [0.3, 0.4) is 0 Å². The highest BCUT2D eigenvalue weighted by Gasteiger charge is 2.41. The van der Waals surface area contributed by atoms with Gasteiger partial charge in [-0.05, 0) is 38.5 Å². The van der Waals surface area contributed by atoms with Crippen LogP contribution in [0.2, 0.25) is 0 Å². The summed E-state index contributed by atoms with van der Waals surface area (Å²) in [6, 6.07) is 0.426. The van der Waals surface area contributed by atoms with Gasteiger partial charge in [-0.2, -0.15) is 0 Å². The van der Waals surface area contributed by atoms with E-state index in [1.807, 2.05) is 0 Å². The highest BCUT2D eigenvalue weighted by atomic mass is 16.5. The number of hydrogen-bond donors (Lipinski definition) is 1. The Bertz CT molecular complexity index is 180. The molecular weight excluding hydrogens is 190 g/mol. The average Bonchev–Trinajstić information content (AvgIpc) is 3.03. The third-order valence-corrected chi connectivity index (χ3v) is 3.67. The molecule has 0 heterocycles. The van der Waals surface area contributed by atoms with E-state index >= 15 is 0 Å². The molecule has 1 N–H and O–H groups in total. The second-order valence-corrected chi connectivity index (χ2v) is 4.85. The fourth-order valence-electron chi connectivity index (χ4n) is 1.76. The molecule has 0 aromatic carbocycles. The Labute approximate surface area is 93.5 Å². The van der Waals surface area contributed by atoms with Crippen LogP contribution in [-0.4, -0.2) is 39.5 Å². The van der Waals surface area contributed by atoms with Crippen LogP contribution in [0, 0.1) is 5.41 Å². The summed E-state index contributed by atoms with van der Waals surface area (Å²) in [7, 11) is 3.54. The molecule has 0 aromatic rings. The van der Waals surface area contributed by atoms with Crippen molar-refractivity contribution in [2.45, 2.75) is 45.3 Å². The predicted molar refractivity (Wildman–Crippen MR) is 62.1 cm³/mol. The van der Waals surface area contributed by atoms with Gasteiger partial charge in [0.15, 0.2) is 0 Å². The fraction of sp³-hybridized carbons (Fsp3) is 1.00. The molecule has 0 bridgehead atoms. The molecule has 0 radical (unpaired) electrons. The van der Waals surface area contributed by atoms with Crippen LogP contribution in [-0.2, 0) is 9.47 Å². The molecule has 2 atom stereocenters. The van der Waals surface area contributed by atoms with Crippen molar-refractivity contribution < 1.29 is 9.47 Å². The lowest BCUT2D eigenvalue weighted by Crippen LogP contribution is -2.40. The normalized spacial score (nSPS) is 22.4. The minimum Gasteiger partial charge on any atom is -0.385 e. The van der Waals surface area contributed by atoms with E-state index in [1.165, 1.54) is 19.3 Å². The van der Waals surface area contributed by atoms with E-state index < -0.39 is 0 Å². The maximum absolute atomic E-state index is 5.29. The average molecular weight is 215 g/mol. The lowest BCUT2D eigenvalue weighted by atomic mass is 10.0. The number of hydrogen-bond acceptors (Lipinski definition) is 3. The molecule has 15 heavy (non-hydrogen) atoms. The van der Waals surface area contributed by atoms with Gasteiger partial charge in [0.05, 0.1) is 6.10 Å². The van der Waals surface area contributed by atoms with Crippen molar-refractivity contribution in [3.05, 3.63) is 0 Å². The molecule has 90 valence electrons. The highest BCUT2D eigenvalue weighted by molar-refractivity contribution is 4.95. The summed E-state index contributed by atoms with van der Waals surface area (Å²) < 4.78 is 10.4. The number of nitrogens with one attached hydrogen (secondary N) is 1. The van der Waals surface area contributed by atoms with Gasteiger partial charge in [-0.3, -0.25) is 0 Å². The molecule has 0 amide bonds. The Morgan fingerprint density at radius 1 is 1.27 bits per heavy atom. The highest BCUT2D eigenvalue weighted by Crippen LogP contribution is 2.48. The molecule has 1 saturated carbocycles. The monoisotopic (exact) mass is 215 g/mol. The second kappa shape index (κ2) is 5.83. The van der Waals surface area contributed by atoms with Crippen molar-refractivity contribution in [2.75, 3.05) is 27.4 Å². The molecular formula is C12H25NO2. The quantitative estimate of drug-likeness (QED) is 0.670. The summed E-state index contributed by atoms with van der Waals surface area (Å²) in [5.41, 5.74) is 0.526. The first-order valence-corrected chi connectivity index (χ1v) is 5.89. The van der Waals surface area contributed by atoms with Gasteiger partial charge in [-0.15, -0.1) is 0 Å². The first-order chi connectivity index (χ1) is 7.13. The summed E-state index contributed by atoms with van der Waals surface area (Å²) in [4.78, 5) is 0. The maximum Gasteiger partial charge on any atom is 0.0693 e. The van der Waals surface area contributed by atoms with Crippen LogP contribution in [0.15, 0.2) is 0 Å². The molecule has 0 aliphatic heterocycles. The topological polar surface area (TPSA) is 30.5 Å². The molecule has 3 heteroatoms. The van der Waals surface area contributed by atoms with E-state index in [4.69, 9.17) is 9.47 Å². The summed E-state index contributed by atoms with van der Waals surface area (Å²) >= 11 is 0. The number of rotatable bonds is 8. The first-order valence-electron chi connectivity index (χ1n) is 5.89. The molecule has 1 rings (SSSR count). The van der Waals surface area contributed by atoms with Crippen molar-refractivity contribution in [3.63, 3.8) is 0 Å². The second-order valence-electron chi connectivity index (χ2n) is 4.85. The fourth-order valence-corrected chi connectivity index (χ4v) is 1.76. The van der Waals surface area contributed by atoms with Gasteiger partial charge in [0.25, 0.3) is 0 Å². The molecule has 1 fully saturated rings. The van der Waals surface area contributed by atoms with Gasteiger partial charge in [-0.1, -0.05) is 0 Å². The Hall–Kier alpha value is -0.120. The number of ether oxygens (including phenoxy) is 2. The molecule has 2 unspecified atom stereocenters. The van der Waals surface area contributed by atoms with E-state index in [0.717, 1.165) is 13.2 Å². The lowest BCUT2D eigenvalue weighted by Gasteiger charge is -2.23. The van der Waals surface area contributed by atoms with E-state index in [1.54, 1.807) is 14.2 Å². The van der Waals surface area contributed by atoms with Crippen LogP contribution in [0.5, 0.6) is 0 Å². The standard InChI is InChI=1S/C12H25NO2/c1-10(11(2)15-4)13-9-12(5-6-12)7-8-14-3/h10-11,13H,5-9H2,1-4H3. The van der Waals surface area contributed by atoms with Crippen molar-refractivity contribution in [3.8, 4) is 0 Å². The Kier molecular flexibility index (Phi) is 5.03. The molecule has 3 nitrogen and oxygen atoms in total. The van der Waals surface area contributed by atoms with Crippen molar-refractivity contribution >= 4 is 0 Å². The zero-order chi connectivity index (χ0) is 11.3. The van der Waals surface area contributed by atoms with Gasteiger partial charge in [0.2, 0.25) is 0 Å². The van der Waals surface area contributed by atoms with Gasteiger partial charge in [0, 0.05) is 33.4 Å². The Morgan fingerprint density at radius 3 is 2.40 bits per heavy atom. The molecule has 0 spiro atoms. The minimum atomic E-state index is 0.281. The molecule has 0 aromatic heterocycles. The third kappa shape index (κ3) is 4.09. The van der Waals surface area contributed by atoms with E-state index in [0.29, 0.717) is 11.5 Å². The maximum atomic E-state index is 5.29. The smallest absolute Gasteiger partial charge is 0.0693 e. The zero-order valence-corrected chi connectivity index (χ0v) is 10.5. The van der Waals surface area contributed by atoms with Gasteiger partial charge in [-0.25, -0.2) is 0 Å². The summed E-state index contributed by atoms with van der Waals surface area (Å²) in [6.45, 7) is 6.27. The Morgan fingerprint density at radius 2 is 1.93 bits per heavy atom. The first kappa shape index (κ1) is 12.9. The van der Waals surface area contributed by atoms with Crippen LogP contribution >= 0.6 is 0 Å².